The van der Waals surface area contributed by atoms with Gasteiger partial charge in [0.05, 0.1) is 26.5 Å². The molecule has 6 heteroatoms. The molecule has 0 spiro atoms. The molecule has 0 fully saturated rings. The summed E-state index contributed by atoms with van der Waals surface area (Å²) in [5, 5.41) is 0. The molecule has 0 radical (unpaired) electrons. The second kappa shape index (κ2) is 6.01. The molecular weight excluding hydrogens is 284 g/mol. The molecule has 22 heavy (non-hydrogen) atoms. The number of pyridine rings is 2. The first kappa shape index (κ1) is 14.3. The van der Waals surface area contributed by atoms with Gasteiger partial charge in [0.25, 0.3) is 0 Å². The average Bonchev–Trinajstić information content (AvgIpc) is 3.03. The Kier molecular flexibility index (Phi) is 3.91. The van der Waals surface area contributed by atoms with Crippen LogP contribution in [0.5, 0.6) is 11.6 Å². The minimum absolute atomic E-state index is 0.309. The van der Waals surface area contributed by atoms with Gasteiger partial charge in [-0.3, -0.25) is 0 Å². The summed E-state index contributed by atoms with van der Waals surface area (Å²) < 4.78 is 15.5. The van der Waals surface area contributed by atoms with Gasteiger partial charge in [-0.05, 0) is 11.6 Å². The molecule has 0 saturated heterocycles. The zero-order valence-electron chi connectivity index (χ0n) is 12.5. The molecule has 114 valence electrons. The first-order valence-electron chi connectivity index (χ1n) is 6.94. The Hall–Kier alpha value is -2.63. The average molecular weight is 300 g/mol. The molecule has 0 aliphatic carbocycles. The lowest BCUT2D eigenvalue weighted by Gasteiger charge is -2.10. The Morgan fingerprint density at radius 2 is 2.23 bits per heavy atom. The van der Waals surface area contributed by atoms with Crippen LogP contribution < -0.4 is 9.47 Å². The zero-order chi connectivity index (χ0) is 15.5. The van der Waals surface area contributed by atoms with Crippen molar-refractivity contribution in [2.45, 2.75) is 12.8 Å². The highest BCUT2D eigenvalue weighted by Gasteiger charge is 2.22. The van der Waals surface area contributed by atoms with E-state index in [1.807, 2.05) is 6.07 Å². The smallest absolute Gasteiger partial charge is 0.356 e. The van der Waals surface area contributed by atoms with Crippen LogP contribution in [0.4, 0.5) is 0 Å². The van der Waals surface area contributed by atoms with Crippen molar-refractivity contribution >= 4 is 5.97 Å². The SMILES string of the molecule is COC(=O)c1cc(Cc2ccc(OC)nc2)c2c(n1)CCO2. The minimum atomic E-state index is -0.441. The Morgan fingerprint density at radius 3 is 2.91 bits per heavy atom. The van der Waals surface area contributed by atoms with Gasteiger partial charge < -0.3 is 14.2 Å². The van der Waals surface area contributed by atoms with Crippen molar-refractivity contribution in [1.29, 1.82) is 0 Å². The van der Waals surface area contributed by atoms with Crippen LogP contribution in [0.2, 0.25) is 0 Å². The third-order valence-corrected chi connectivity index (χ3v) is 3.50. The Morgan fingerprint density at radius 1 is 1.36 bits per heavy atom. The quantitative estimate of drug-likeness (QED) is 0.802. The predicted octanol–water partition coefficient (Wildman–Crippen LogP) is 1.80. The third-order valence-electron chi connectivity index (χ3n) is 3.50. The maximum atomic E-state index is 11.7. The summed E-state index contributed by atoms with van der Waals surface area (Å²) in [5.41, 5.74) is 3.03. The second-order valence-corrected chi connectivity index (χ2v) is 4.92. The van der Waals surface area contributed by atoms with E-state index >= 15 is 0 Å². The maximum absolute atomic E-state index is 11.7. The molecular formula is C16H16N2O4. The number of nitrogens with zero attached hydrogens (tertiary/aromatic N) is 2. The maximum Gasteiger partial charge on any atom is 0.356 e. The number of methoxy groups -OCH3 is 2. The van der Waals surface area contributed by atoms with Crippen molar-refractivity contribution < 1.29 is 19.0 Å². The summed E-state index contributed by atoms with van der Waals surface area (Å²) in [4.78, 5) is 20.3. The lowest BCUT2D eigenvalue weighted by Crippen LogP contribution is -2.07. The molecule has 0 bridgehead atoms. The number of carbonyl (C=O) groups excluding carboxylic acids is 1. The molecule has 1 aliphatic heterocycles. The van der Waals surface area contributed by atoms with E-state index in [1.54, 1.807) is 25.4 Å². The van der Waals surface area contributed by atoms with E-state index in [0.717, 1.165) is 22.6 Å². The zero-order valence-corrected chi connectivity index (χ0v) is 12.5. The van der Waals surface area contributed by atoms with Crippen LogP contribution in [0, 0.1) is 0 Å². The Bertz CT molecular complexity index is 698. The summed E-state index contributed by atoms with van der Waals surface area (Å²) in [6, 6.07) is 5.46. The molecule has 1 aliphatic rings. The van der Waals surface area contributed by atoms with Gasteiger partial charge in [-0.2, -0.15) is 0 Å². The molecule has 2 aromatic heterocycles. The molecule has 0 amide bonds. The van der Waals surface area contributed by atoms with Crippen molar-refractivity contribution in [3.05, 3.63) is 46.9 Å². The summed E-state index contributed by atoms with van der Waals surface area (Å²) in [5.74, 6) is 0.891. The van der Waals surface area contributed by atoms with Gasteiger partial charge in [-0.15, -0.1) is 0 Å². The van der Waals surface area contributed by atoms with Crippen LogP contribution in [0.25, 0.3) is 0 Å². The van der Waals surface area contributed by atoms with Crippen molar-refractivity contribution in [2.24, 2.45) is 0 Å². The second-order valence-electron chi connectivity index (χ2n) is 4.92. The molecule has 0 saturated carbocycles. The number of hydrogen-bond acceptors (Lipinski definition) is 6. The highest BCUT2D eigenvalue weighted by Crippen LogP contribution is 2.30. The van der Waals surface area contributed by atoms with Gasteiger partial charge in [0.15, 0.2) is 0 Å². The Balaban J connectivity index is 1.94. The van der Waals surface area contributed by atoms with Crippen molar-refractivity contribution in [3.63, 3.8) is 0 Å². The third kappa shape index (κ3) is 2.72. The summed E-state index contributed by atoms with van der Waals surface area (Å²) >= 11 is 0. The highest BCUT2D eigenvalue weighted by atomic mass is 16.5. The van der Waals surface area contributed by atoms with Gasteiger partial charge in [0, 0.05) is 30.7 Å². The van der Waals surface area contributed by atoms with Crippen LogP contribution in [0.15, 0.2) is 24.4 Å². The Labute approximate surface area is 128 Å². The number of carbonyl (C=O) groups is 1. The lowest BCUT2D eigenvalue weighted by molar-refractivity contribution is 0.0593. The van der Waals surface area contributed by atoms with Crippen LogP contribution in [0.3, 0.4) is 0 Å². The molecule has 2 aromatic rings. The van der Waals surface area contributed by atoms with Gasteiger partial charge in [0.2, 0.25) is 5.88 Å². The number of rotatable bonds is 4. The minimum Gasteiger partial charge on any atom is -0.491 e. The number of fused-ring (bicyclic) bond motifs is 1. The monoisotopic (exact) mass is 300 g/mol. The molecule has 0 N–H and O–H groups in total. The van der Waals surface area contributed by atoms with Gasteiger partial charge >= 0.3 is 5.97 Å². The molecule has 6 nitrogen and oxygen atoms in total. The van der Waals surface area contributed by atoms with Crippen LogP contribution in [0.1, 0.15) is 27.3 Å². The molecule has 0 aromatic carbocycles. The van der Waals surface area contributed by atoms with E-state index in [9.17, 15) is 4.79 Å². The predicted molar refractivity (Wildman–Crippen MR) is 78.4 cm³/mol. The van der Waals surface area contributed by atoms with Crippen LogP contribution in [-0.2, 0) is 17.6 Å². The van der Waals surface area contributed by atoms with E-state index < -0.39 is 5.97 Å². The van der Waals surface area contributed by atoms with Gasteiger partial charge in [-0.1, -0.05) is 6.07 Å². The van der Waals surface area contributed by atoms with Crippen molar-refractivity contribution in [3.8, 4) is 11.6 Å². The van der Waals surface area contributed by atoms with E-state index in [1.165, 1.54) is 7.11 Å². The molecule has 3 heterocycles. The number of esters is 1. The standard InChI is InChI=1S/C16H16N2O4/c1-20-14-4-3-10(9-17-14)7-11-8-13(16(19)21-2)18-12-5-6-22-15(11)12/h3-4,8-9H,5-7H2,1-2H3. The van der Waals surface area contributed by atoms with E-state index in [4.69, 9.17) is 14.2 Å². The lowest BCUT2D eigenvalue weighted by atomic mass is 10.0. The number of hydrogen-bond donors (Lipinski definition) is 0. The topological polar surface area (TPSA) is 70.5 Å². The largest absolute Gasteiger partial charge is 0.491 e. The van der Waals surface area contributed by atoms with E-state index in [0.29, 0.717) is 31.0 Å². The van der Waals surface area contributed by atoms with Crippen molar-refractivity contribution in [2.75, 3.05) is 20.8 Å². The van der Waals surface area contributed by atoms with Gasteiger partial charge in [-0.25, -0.2) is 14.8 Å². The van der Waals surface area contributed by atoms with Crippen LogP contribution >= 0.6 is 0 Å². The molecule has 0 unspecified atom stereocenters. The summed E-state index contributed by atoms with van der Waals surface area (Å²) in [6.07, 6.45) is 3.05. The van der Waals surface area contributed by atoms with Crippen LogP contribution in [-0.4, -0.2) is 36.8 Å². The molecule has 0 atom stereocenters. The summed E-state index contributed by atoms with van der Waals surface area (Å²) in [6.45, 7) is 0.584. The van der Waals surface area contributed by atoms with E-state index in [-0.39, 0.29) is 0 Å². The van der Waals surface area contributed by atoms with Gasteiger partial charge in [0.1, 0.15) is 11.4 Å². The fourth-order valence-corrected chi connectivity index (χ4v) is 2.44. The normalized spacial score (nSPS) is 12.5. The fraction of sp³-hybridized carbons (Fsp3) is 0.312. The fourth-order valence-electron chi connectivity index (χ4n) is 2.44. The number of aromatic nitrogens is 2. The molecule has 3 rings (SSSR count). The first-order chi connectivity index (χ1) is 10.7. The van der Waals surface area contributed by atoms with Crippen molar-refractivity contribution in [1.82, 2.24) is 9.97 Å². The number of ether oxygens (including phenoxy) is 3. The van der Waals surface area contributed by atoms with E-state index in [2.05, 4.69) is 9.97 Å². The summed E-state index contributed by atoms with van der Waals surface area (Å²) in [7, 11) is 2.93. The first-order valence-corrected chi connectivity index (χ1v) is 6.94. The highest BCUT2D eigenvalue weighted by molar-refractivity contribution is 5.87.